The number of carbonyl (C=O) groups is 2. The first kappa shape index (κ1) is 17.7. The molecule has 2 rings (SSSR count). The normalized spacial score (nSPS) is 10.3. The molecule has 1 aromatic carbocycles. The molecule has 0 saturated heterocycles. The molecule has 1 heterocycles. The molecule has 0 aliphatic rings. The Hall–Kier alpha value is -2.69. The second-order valence-electron chi connectivity index (χ2n) is 5.41. The van der Waals surface area contributed by atoms with Crippen LogP contribution in [0.3, 0.4) is 0 Å². The van der Waals surface area contributed by atoms with Crippen molar-refractivity contribution in [2.75, 3.05) is 18.4 Å². The molecule has 5 nitrogen and oxygen atoms in total. The Kier molecular flexibility index (Phi) is 6.07. The number of anilines is 1. The van der Waals surface area contributed by atoms with Gasteiger partial charge in [-0.05, 0) is 50.1 Å². The summed E-state index contributed by atoms with van der Waals surface area (Å²) >= 11 is 0. The monoisotopic (exact) mass is 325 g/mol. The van der Waals surface area contributed by atoms with Crippen molar-refractivity contribution in [1.82, 2.24) is 9.88 Å². The van der Waals surface area contributed by atoms with Crippen molar-refractivity contribution in [2.45, 2.75) is 27.2 Å². The molecular formula is C19H23N3O2. The van der Waals surface area contributed by atoms with Crippen molar-refractivity contribution in [2.24, 2.45) is 0 Å². The fourth-order valence-corrected chi connectivity index (χ4v) is 2.40. The maximum Gasteiger partial charge on any atom is 0.274 e. The van der Waals surface area contributed by atoms with E-state index in [1.165, 1.54) is 17.8 Å². The number of pyridine rings is 1. The summed E-state index contributed by atoms with van der Waals surface area (Å²) < 4.78 is 0. The van der Waals surface area contributed by atoms with Gasteiger partial charge < -0.3 is 10.2 Å². The van der Waals surface area contributed by atoms with Crippen LogP contribution in [-0.4, -0.2) is 34.8 Å². The average Bonchev–Trinajstić information content (AvgIpc) is 2.63. The molecule has 5 heteroatoms. The molecule has 24 heavy (non-hydrogen) atoms. The highest BCUT2D eigenvalue weighted by Gasteiger charge is 2.15. The molecule has 126 valence electrons. The maximum atomic E-state index is 12.4. The van der Waals surface area contributed by atoms with Crippen molar-refractivity contribution in [3.63, 3.8) is 0 Å². The topological polar surface area (TPSA) is 62.3 Å². The van der Waals surface area contributed by atoms with Gasteiger partial charge in [0.05, 0.1) is 0 Å². The van der Waals surface area contributed by atoms with Gasteiger partial charge in [0.2, 0.25) is 0 Å². The van der Waals surface area contributed by atoms with Crippen molar-refractivity contribution in [1.29, 1.82) is 0 Å². The molecule has 1 aromatic heterocycles. The van der Waals surface area contributed by atoms with E-state index >= 15 is 0 Å². The lowest BCUT2D eigenvalue weighted by atomic mass is 10.1. The quantitative estimate of drug-likeness (QED) is 0.885. The van der Waals surface area contributed by atoms with E-state index in [9.17, 15) is 9.59 Å². The lowest BCUT2D eigenvalue weighted by Gasteiger charge is -2.18. The van der Waals surface area contributed by atoms with Crippen molar-refractivity contribution in [3.05, 3.63) is 59.4 Å². The highest BCUT2D eigenvalue weighted by molar-refractivity contribution is 6.04. The van der Waals surface area contributed by atoms with Gasteiger partial charge in [0.1, 0.15) is 5.69 Å². The average molecular weight is 325 g/mol. The van der Waals surface area contributed by atoms with E-state index in [1.54, 1.807) is 11.0 Å². The number of rotatable bonds is 6. The molecule has 0 fully saturated rings. The van der Waals surface area contributed by atoms with Crippen LogP contribution >= 0.6 is 0 Å². The summed E-state index contributed by atoms with van der Waals surface area (Å²) in [5, 5.41) is 2.81. The zero-order valence-corrected chi connectivity index (χ0v) is 14.4. The zero-order chi connectivity index (χ0) is 17.5. The molecule has 0 spiro atoms. The lowest BCUT2D eigenvalue weighted by molar-refractivity contribution is 0.0773. The van der Waals surface area contributed by atoms with Crippen LogP contribution in [0.1, 0.15) is 47.2 Å². The van der Waals surface area contributed by atoms with Crippen molar-refractivity contribution in [3.8, 4) is 0 Å². The molecule has 0 radical (unpaired) electrons. The smallest absolute Gasteiger partial charge is 0.274 e. The Morgan fingerprint density at radius 2 is 1.71 bits per heavy atom. The van der Waals surface area contributed by atoms with Gasteiger partial charge in [0, 0.05) is 30.5 Å². The highest BCUT2D eigenvalue weighted by atomic mass is 16.2. The third-order valence-electron chi connectivity index (χ3n) is 3.91. The van der Waals surface area contributed by atoms with E-state index in [4.69, 9.17) is 0 Å². The Labute approximate surface area is 142 Å². The van der Waals surface area contributed by atoms with E-state index in [0.29, 0.717) is 24.3 Å². The summed E-state index contributed by atoms with van der Waals surface area (Å²) in [7, 11) is 0. The van der Waals surface area contributed by atoms with Crippen LogP contribution in [-0.2, 0) is 6.42 Å². The van der Waals surface area contributed by atoms with Crippen molar-refractivity contribution < 1.29 is 9.59 Å². The summed E-state index contributed by atoms with van der Waals surface area (Å²) in [6.45, 7) is 7.19. The minimum atomic E-state index is -0.326. The molecule has 0 unspecified atom stereocenters. The number of carbonyl (C=O) groups excluding carboxylic acids is 2. The number of aryl methyl sites for hydroxylation is 1. The highest BCUT2D eigenvalue weighted by Crippen LogP contribution is 2.12. The Morgan fingerprint density at radius 3 is 2.29 bits per heavy atom. The summed E-state index contributed by atoms with van der Waals surface area (Å²) in [4.78, 5) is 30.5. The Bertz CT molecular complexity index is 707. The van der Waals surface area contributed by atoms with Crippen LogP contribution in [0, 0.1) is 0 Å². The minimum absolute atomic E-state index is 0.0938. The number of hydrogen-bond donors (Lipinski definition) is 1. The first-order valence-electron chi connectivity index (χ1n) is 8.24. The molecule has 2 aromatic rings. The molecule has 0 aliphatic heterocycles. The fraction of sp³-hybridized carbons (Fsp3) is 0.316. The van der Waals surface area contributed by atoms with Gasteiger partial charge in [-0.1, -0.05) is 19.1 Å². The van der Waals surface area contributed by atoms with Crippen LogP contribution in [0.5, 0.6) is 0 Å². The second kappa shape index (κ2) is 8.24. The first-order valence-corrected chi connectivity index (χ1v) is 8.24. The van der Waals surface area contributed by atoms with Crippen LogP contribution in [0.4, 0.5) is 5.69 Å². The summed E-state index contributed by atoms with van der Waals surface area (Å²) in [6.07, 6.45) is 2.44. The Morgan fingerprint density at radius 1 is 1.04 bits per heavy atom. The van der Waals surface area contributed by atoms with E-state index in [-0.39, 0.29) is 17.5 Å². The van der Waals surface area contributed by atoms with Gasteiger partial charge in [-0.3, -0.25) is 14.6 Å². The van der Waals surface area contributed by atoms with E-state index in [2.05, 4.69) is 17.2 Å². The molecule has 2 amide bonds. The van der Waals surface area contributed by atoms with Crippen LogP contribution in [0.15, 0.2) is 42.6 Å². The predicted octanol–water partition coefficient (Wildman–Crippen LogP) is 3.38. The third-order valence-corrected chi connectivity index (χ3v) is 3.91. The van der Waals surface area contributed by atoms with Gasteiger partial charge in [0.25, 0.3) is 11.8 Å². The molecular weight excluding hydrogens is 302 g/mol. The third kappa shape index (κ3) is 4.19. The zero-order valence-electron chi connectivity index (χ0n) is 14.4. The number of nitrogens with one attached hydrogen (secondary N) is 1. The molecule has 0 aliphatic carbocycles. The standard InChI is InChI=1S/C19H23N3O2/c1-4-14-7-9-16(10-8-14)21-18(23)17-13-15(11-12-20-17)19(24)22(5-2)6-3/h7-13H,4-6H2,1-3H3,(H,21,23). The molecule has 0 saturated carbocycles. The maximum absolute atomic E-state index is 12.4. The number of nitrogens with zero attached hydrogens (tertiary/aromatic N) is 2. The summed E-state index contributed by atoms with van der Waals surface area (Å²) in [6, 6.07) is 10.8. The van der Waals surface area contributed by atoms with Gasteiger partial charge in [-0.15, -0.1) is 0 Å². The van der Waals surface area contributed by atoms with E-state index < -0.39 is 0 Å². The van der Waals surface area contributed by atoms with Crippen molar-refractivity contribution >= 4 is 17.5 Å². The van der Waals surface area contributed by atoms with Gasteiger partial charge >= 0.3 is 0 Å². The van der Waals surface area contributed by atoms with Crippen LogP contribution < -0.4 is 5.32 Å². The molecule has 1 N–H and O–H groups in total. The second-order valence-corrected chi connectivity index (χ2v) is 5.41. The van der Waals surface area contributed by atoms with E-state index in [1.807, 2.05) is 38.1 Å². The SMILES string of the molecule is CCc1ccc(NC(=O)c2cc(C(=O)N(CC)CC)ccn2)cc1. The van der Waals surface area contributed by atoms with E-state index in [0.717, 1.165) is 6.42 Å². The molecule has 0 atom stereocenters. The Balaban J connectivity index is 2.14. The van der Waals surface area contributed by atoms with Crippen LogP contribution in [0.25, 0.3) is 0 Å². The lowest BCUT2D eigenvalue weighted by Crippen LogP contribution is -2.30. The fourth-order valence-electron chi connectivity index (χ4n) is 2.40. The number of hydrogen-bond acceptors (Lipinski definition) is 3. The van der Waals surface area contributed by atoms with Gasteiger partial charge in [0.15, 0.2) is 0 Å². The minimum Gasteiger partial charge on any atom is -0.339 e. The summed E-state index contributed by atoms with van der Waals surface area (Å²) in [5.74, 6) is -0.419. The number of benzene rings is 1. The van der Waals surface area contributed by atoms with Gasteiger partial charge in [-0.25, -0.2) is 0 Å². The number of amides is 2. The van der Waals surface area contributed by atoms with Crippen LogP contribution in [0.2, 0.25) is 0 Å². The largest absolute Gasteiger partial charge is 0.339 e. The first-order chi connectivity index (χ1) is 11.6. The number of aromatic nitrogens is 1. The predicted molar refractivity (Wildman–Crippen MR) is 95.3 cm³/mol. The molecule has 0 bridgehead atoms. The van der Waals surface area contributed by atoms with Gasteiger partial charge in [-0.2, -0.15) is 0 Å². The summed E-state index contributed by atoms with van der Waals surface area (Å²) in [5.41, 5.74) is 2.62.